The molecule has 0 saturated heterocycles. The summed E-state index contributed by atoms with van der Waals surface area (Å²) in [7, 11) is 0. The van der Waals surface area contributed by atoms with E-state index in [1.807, 2.05) is 6.26 Å². The van der Waals surface area contributed by atoms with Crippen LogP contribution < -0.4 is 5.32 Å². The van der Waals surface area contributed by atoms with Gasteiger partial charge >= 0.3 is 12.1 Å². The van der Waals surface area contributed by atoms with E-state index in [1.54, 1.807) is 32.5 Å². The monoisotopic (exact) mass is 261 g/mol. The zero-order chi connectivity index (χ0) is 13.3. The van der Waals surface area contributed by atoms with Gasteiger partial charge in [-0.2, -0.15) is 11.8 Å². The molecule has 98 valence electrons. The van der Waals surface area contributed by atoms with Crippen molar-refractivity contribution in [3.63, 3.8) is 0 Å². The average molecular weight is 261 g/mol. The van der Waals surface area contributed by atoms with Crippen molar-refractivity contribution < 1.29 is 19.4 Å². The minimum Gasteiger partial charge on any atom is -0.479 e. The molecule has 0 aromatic carbocycles. The van der Waals surface area contributed by atoms with Gasteiger partial charge in [-0.3, -0.25) is 0 Å². The maximum absolute atomic E-state index is 11.6. The second kappa shape index (κ2) is 4.76. The smallest absolute Gasteiger partial charge is 0.408 e. The Labute approximate surface area is 105 Å². The van der Waals surface area contributed by atoms with Crippen LogP contribution in [0.5, 0.6) is 0 Å². The van der Waals surface area contributed by atoms with Crippen molar-refractivity contribution >= 4 is 23.8 Å². The van der Waals surface area contributed by atoms with Crippen molar-refractivity contribution in [1.29, 1.82) is 0 Å². The lowest BCUT2D eigenvalue weighted by Crippen LogP contribution is -2.47. The van der Waals surface area contributed by atoms with Crippen molar-refractivity contribution in [1.82, 2.24) is 5.32 Å². The number of amides is 1. The fraction of sp³-hybridized carbons (Fsp3) is 0.818. The van der Waals surface area contributed by atoms with Crippen LogP contribution >= 0.6 is 11.8 Å². The number of rotatable bonds is 4. The van der Waals surface area contributed by atoms with Crippen LogP contribution in [0.25, 0.3) is 0 Å². The molecule has 2 unspecified atom stereocenters. The number of nitrogens with one attached hydrogen (secondary N) is 1. The quantitative estimate of drug-likeness (QED) is 0.806. The third-order valence-electron chi connectivity index (χ3n) is 2.58. The molecule has 1 fully saturated rings. The summed E-state index contributed by atoms with van der Waals surface area (Å²) >= 11 is 1.58. The molecule has 1 aliphatic carbocycles. The van der Waals surface area contributed by atoms with E-state index >= 15 is 0 Å². The Morgan fingerprint density at radius 1 is 1.53 bits per heavy atom. The summed E-state index contributed by atoms with van der Waals surface area (Å²) < 4.78 is 5.07. The summed E-state index contributed by atoms with van der Waals surface area (Å²) in [5.74, 6) is -0.271. The molecular weight excluding hydrogens is 242 g/mol. The van der Waals surface area contributed by atoms with E-state index in [-0.39, 0.29) is 5.92 Å². The fourth-order valence-electron chi connectivity index (χ4n) is 1.69. The van der Waals surface area contributed by atoms with E-state index in [9.17, 15) is 9.59 Å². The van der Waals surface area contributed by atoms with Gasteiger partial charge in [-0.15, -0.1) is 0 Å². The Balaban J connectivity index is 2.59. The number of carbonyl (C=O) groups is 2. The van der Waals surface area contributed by atoms with Crippen molar-refractivity contribution in [2.45, 2.75) is 38.3 Å². The predicted molar refractivity (Wildman–Crippen MR) is 66.2 cm³/mol. The first-order valence-electron chi connectivity index (χ1n) is 5.45. The van der Waals surface area contributed by atoms with Crippen LogP contribution in [0.15, 0.2) is 0 Å². The lowest BCUT2D eigenvalue weighted by atomic mass is 10.2. The van der Waals surface area contributed by atoms with Gasteiger partial charge in [0.1, 0.15) is 11.1 Å². The van der Waals surface area contributed by atoms with E-state index in [0.29, 0.717) is 6.42 Å². The zero-order valence-corrected chi connectivity index (χ0v) is 11.4. The van der Waals surface area contributed by atoms with Gasteiger partial charge in [-0.1, -0.05) is 0 Å². The van der Waals surface area contributed by atoms with Crippen LogP contribution in [-0.4, -0.2) is 40.3 Å². The molecule has 0 aliphatic heterocycles. The molecule has 0 aromatic heterocycles. The first-order valence-corrected chi connectivity index (χ1v) is 6.84. The van der Waals surface area contributed by atoms with Gasteiger partial charge in [0.25, 0.3) is 0 Å². The number of alkyl carbamates (subject to hydrolysis) is 1. The van der Waals surface area contributed by atoms with Gasteiger partial charge in [0, 0.05) is 5.92 Å². The molecule has 0 aromatic rings. The Morgan fingerprint density at radius 3 is 2.53 bits per heavy atom. The zero-order valence-electron chi connectivity index (χ0n) is 10.6. The van der Waals surface area contributed by atoms with Gasteiger partial charge in [0.15, 0.2) is 0 Å². The molecule has 17 heavy (non-hydrogen) atoms. The molecule has 1 aliphatic rings. The number of ether oxygens (including phenoxy) is 1. The third kappa shape index (κ3) is 3.52. The summed E-state index contributed by atoms with van der Waals surface area (Å²) in [5.41, 5.74) is -1.74. The number of carboxylic acid groups (broad SMARTS) is 1. The topological polar surface area (TPSA) is 75.6 Å². The number of aliphatic carboxylic acids is 1. The van der Waals surface area contributed by atoms with Crippen molar-refractivity contribution in [2.24, 2.45) is 5.92 Å². The van der Waals surface area contributed by atoms with E-state index in [4.69, 9.17) is 9.84 Å². The maximum atomic E-state index is 11.6. The Morgan fingerprint density at radius 2 is 2.12 bits per heavy atom. The van der Waals surface area contributed by atoms with Gasteiger partial charge in [0.2, 0.25) is 0 Å². The van der Waals surface area contributed by atoms with Crippen molar-refractivity contribution in [3.05, 3.63) is 0 Å². The lowest BCUT2D eigenvalue weighted by molar-refractivity contribution is -0.141. The highest BCUT2D eigenvalue weighted by Crippen LogP contribution is 2.45. The van der Waals surface area contributed by atoms with Crippen LogP contribution in [0.3, 0.4) is 0 Å². The van der Waals surface area contributed by atoms with Crippen molar-refractivity contribution in [3.8, 4) is 0 Å². The van der Waals surface area contributed by atoms with E-state index in [2.05, 4.69) is 5.32 Å². The predicted octanol–water partition coefficient (Wildman–Crippen LogP) is 1.72. The number of hydrogen-bond acceptors (Lipinski definition) is 4. The Kier molecular flexibility index (Phi) is 3.96. The van der Waals surface area contributed by atoms with E-state index in [1.165, 1.54) is 0 Å². The number of thioether (sulfide) groups is 1. The Hall–Kier alpha value is -0.910. The summed E-state index contributed by atoms with van der Waals surface area (Å²) in [6.45, 7) is 5.23. The van der Waals surface area contributed by atoms with E-state index in [0.717, 1.165) is 5.75 Å². The highest BCUT2D eigenvalue weighted by atomic mass is 32.2. The van der Waals surface area contributed by atoms with Crippen LogP contribution in [0, 0.1) is 5.92 Å². The minimum atomic E-state index is -1.12. The number of hydrogen-bond donors (Lipinski definition) is 2. The fourth-order valence-corrected chi connectivity index (χ4v) is 2.49. The van der Waals surface area contributed by atoms with Crippen LogP contribution in [0.2, 0.25) is 0 Å². The highest BCUT2D eigenvalue weighted by molar-refractivity contribution is 7.98. The summed E-state index contributed by atoms with van der Waals surface area (Å²) in [5, 5.41) is 11.7. The minimum absolute atomic E-state index is 0.0116. The molecule has 0 radical (unpaired) electrons. The van der Waals surface area contributed by atoms with Crippen LogP contribution in [0.4, 0.5) is 4.79 Å². The summed E-state index contributed by atoms with van der Waals surface area (Å²) in [6.07, 6.45) is 1.73. The summed E-state index contributed by atoms with van der Waals surface area (Å²) in [6, 6.07) is 0. The molecule has 2 atom stereocenters. The molecule has 1 rings (SSSR count). The molecule has 1 saturated carbocycles. The first kappa shape index (κ1) is 14.2. The molecule has 2 N–H and O–H groups in total. The summed E-state index contributed by atoms with van der Waals surface area (Å²) in [4.78, 5) is 22.8. The first-order chi connectivity index (χ1) is 7.71. The van der Waals surface area contributed by atoms with Crippen LogP contribution in [0.1, 0.15) is 27.2 Å². The molecule has 5 nitrogen and oxygen atoms in total. The normalized spacial score (nSPS) is 27.4. The van der Waals surface area contributed by atoms with E-state index < -0.39 is 23.2 Å². The Bertz CT molecular complexity index is 326. The lowest BCUT2D eigenvalue weighted by Gasteiger charge is -2.22. The maximum Gasteiger partial charge on any atom is 0.408 e. The second-order valence-corrected chi connectivity index (χ2v) is 6.17. The molecule has 6 heteroatoms. The molecule has 0 spiro atoms. The van der Waals surface area contributed by atoms with Gasteiger partial charge < -0.3 is 15.2 Å². The number of carbonyl (C=O) groups excluding carboxylic acids is 1. The second-order valence-electron chi connectivity index (χ2n) is 5.26. The molecule has 0 heterocycles. The number of carboxylic acids is 1. The molecule has 0 bridgehead atoms. The average Bonchev–Trinajstić information content (AvgIpc) is 2.76. The molecule has 1 amide bonds. The largest absolute Gasteiger partial charge is 0.479 e. The van der Waals surface area contributed by atoms with Gasteiger partial charge in [0.05, 0.1) is 0 Å². The third-order valence-corrected chi connectivity index (χ3v) is 3.31. The van der Waals surface area contributed by atoms with Gasteiger partial charge in [-0.25, -0.2) is 9.59 Å². The van der Waals surface area contributed by atoms with Crippen LogP contribution in [-0.2, 0) is 9.53 Å². The molecular formula is C11H19NO4S. The highest BCUT2D eigenvalue weighted by Gasteiger charge is 2.61. The van der Waals surface area contributed by atoms with Crippen molar-refractivity contribution in [2.75, 3.05) is 12.0 Å². The van der Waals surface area contributed by atoms with Gasteiger partial charge in [-0.05, 0) is 39.2 Å². The SMILES string of the molecule is CSCC1CC1(NC(=O)OC(C)(C)C)C(=O)O. The standard InChI is InChI=1S/C11H19NO4S/c1-10(2,3)16-9(15)12-11(8(13)14)5-7(11)6-17-4/h7H,5-6H2,1-4H3,(H,12,15)(H,13,14).